The van der Waals surface area contributed by atoms with Gasteiger partial charge in [0.25, 0.3) is 0 Å². The number of ether oxygens (including phenoxy) is 2. The number of carbonyl (C=O) groups excluding carboxylic acids is 2. The van der Waals surface area contributed by atoms with Crippen molar-refractivity contribution in [3.63, 3.8) is 0 Å². The van der Waals surface area contributed by atoms with Gasteiger partial charge in [-0.25, -0.2) is 0 Å². The third-order valence-electron chi connectivity index (χ3n) is 5.12. The van der Waals surface area contributed by atoms with E-state index in [0.29, 0.717) is 43.5 Å². The lowest BCUT2D eigenvalue weighted by Gasteiger charge is -2.29. The van der Waals surface area contributed by atoms with Crippen LogP contribution in [0.4, 0.5) is 0 Å². The lowest BCUT2D eigenvalue weighted by molar-refractivity contribution is -0.143. The number of benzene rings is 1. The zero-order chi connectivity index (χ0) is 23.7. The first kappa shape index (κ1) is 25.7. The number of rotatable bonds is 12. The third kappa shape index (κ3) is 7.55. The van der Waals surface area contributed by atoms with Gasteiger partial charge in [-0.15, -0.1) is 11.3 Å². The van der Waals surface area contributed by atoms with Gasteiger partial charge in [-0.2, -0.15) is 0 Å². The van der Waals surface area contributed by atoms with Gasteiger partial charge in [-0.1, -0.05) is 39.8 Å². The summed E-state index contributed by atoms with van der Waals surface area (Å²) in [5.41, 5.74) is 1.06. The number of thiophene rings is 1. The molecule has 2 aromatic rings. The minimum absolute atomic E-state index is 0.0167. The van der Waals surface area contributed by atoms with E-state index in [0.717, 1.165) is 10.4 Å². The Bertz CT molecular complexity index is 865. The average molecular weight is 461 g/mol. The van der Waals surface area contributed by atoms with Gasteiger partial charge in [0.1, 0.15) is 0 Å². The van der Waals surface area contributed by atoms with Crippen LogP contribution >= 0.6 is 11.3 Å². The molecule has 7 heteroatoms. The summed E-state index contributed by atoms with van der Waals surface area (Å²) in [4.78, 5) is 30.7. The van der Waals surface area contributed by atoms with Crippen molar-refractivity contribution in [2.75, 3.05) is 33.9 Å². The van der Waals surface area contributed by atoms with E-state index < -0.39 is 0 Å². The molecule has 0 atom stereocenters. The molecule has 0 aliphatic rings. The molecular weight excluding hydrogens is 424 g/mol. The van der Waals surface area contributed by atoms with Gasteiger partial charge >= 0.3 is 0 Å². The maximum atomic E-state index is 13.3. The maximum absolute atomic E-state index is 13.3. The first-order valence-corrected chi connectivity index (χ1v) is 11.9. The van der Waals surface area contributed by atoms with Crippen LogP contribution in [0, 0.1) is 11.8 Å². The molecule has 0 saturated heterocycles. The summed E-state index contributed by atoms with van der Waals surface area (Å²) in [6, 6.07) is 9.84. The third-order valence-corrected chi connectivity index (χ3v) is 5.98. The molecular formula is C25H36N2O4S. The Labute approximate surface area is 196 Å². The highest BCUT2D eigenvalue weighted by atomic mass is 32.1. The van der Waals surface area contributed by atoms with Crippen LogP contribution in [0.2, 0.25) is 0 Å². The number of nitrogens with zero attached hydrogens (tertiary/aromatic N) is 2. The molecule has 2 amide bonds. The smallest absolute Gasteiger partial charge is 0.242 e. The minimum atomic E-state index is -0.140. The predicted molar refractivity (Wildman–Crippen MR) is 129 cm³/mol. The molecule has 32 heavy (non-hydrogen) atoms. The lowest BCUT2D eigenvalue weighted by atomic mass is 10.1. The molecule has 0 unspecified atom stereocenters. The molecule has 2 rings (SSSR count). The summed E-state index contributed by atoms with van der Waals surface area (Å²) >= 11 is 1.63. The number of carbonyl (C=O) groups is 2. The number of hydrogen-bond donors (Lipinski definition) is 0. The zero-order valence-electron chi connectivity index (χ0n) is 20.1. The summed E-state index contributed by atoms with van der Waals surface area (Å²) in [5, 5.41) is 2.01. The Kier molecular flexibility index (Phi) is 10.0. The summed E-state index contributed by atoms with van der Waals surface area (Å²) in [6.45, 7) is 9.64. The van der Waals surface area contributed by atoms with E-state index in [4.69, 9.17) is 9.47 Å². The van der Waals surface area contributed by atoms with Gasteiger partial charge in [0, 0.05) is 23.9 Å². The zero-order valence-corrected chi connectivity index (χ0v) is 20.9. The van der Waals surface area contributed by atoms with Crippen molar-refractivity contribution in [1.29, 1.82) is 0 Å². The summed E-state index contributed by atoms with van der Waals surface area (Å²) < 4.78 is 10.7. The van der Waals surface area contributed by atoms with Crippen molar-refractivity contribution in [1.82, 2.24) is 9.80 Å². The SMILES string of the molecule is COc1ccc(CCN(Cc2cccs2)C(=O)CN(CC(C)C)C(=O)C(C)C)cc1OC. The van der Waals surface area contributed by atoms with Crippen molar-refractivity contribution in [3.8, 4) is 11.5 Å². The Morgan fingerprint density at radius 1 is 1.00 bits per heavy atom. The molecule has 6 nitrogen and oxygen atoms in total. The fraction of sp³-hybridized carbons (Fsp3) is 0.520. The van der Waals surface area contributed by atoms with Crippen molar-refractivity contribution in [3.05, 3.63) is 46.2 Å². The fourth-order valence-corrected chi connectivity index (χ4v) is 4.20. The molecule has 1 heterocycles. The van der Waals surface area contributed by atoms with E-state index in [-0.39, 0.29) is 24.3 Å². The molecule has 0 bridgehead atoms. The molecule has 0 aliphatic heterocycles. The molecule has 0 spiro atoms. The molecule has 0 aliphatic carbocycles. The van der Waals surface area contributed by atoms with Crippen LogP contribution in [-0.4, -0.2) is 55.5 Å². The summed E-state index contributed by atoms with van der Waals surface area (Å²) in [5.74, 6) is 1.49. The van der Waals surface area contributed by atoms with Crippen molar-refractivity contribution < 1.29 is 19.1 Å². The molecule has 0 fully saturated rings. The lowest BCUT2D eigenvalue weighted by Crippen LogP contribution is -2.45. The average Bonchev–Trinajstić information content (AvgIpc) is 3.28. The number of methoxy groups -OCH3 is 2. The highest BCUT2D eigenvalue weighted by Gasteiger charge is 2.24. The monoisotopic (exact) mass is 460 g/mol. The number of amides is 2. The highest BCUT2D eigenvalue weighted by Crippen LogP contribution is 2.28. The second-order valence-corrected chi connectivity index (χ2v) is 9.63. The van der Waals surface area contributed by atoms with E-state index in [1.807, 2.05) is 54.5 Å². The van der Waals surface area contributed by atoms with E-state index in [1.165, 1.54) is 0 Å². The van der Waals surface area contributed by atoms with E-state index in [9.17, 15) is 9.59 Å². The second-order valence-electron chi connectivity index (χ2n) is 8.60. The topological polar surface area (TPSA) is 59.1 Å². The normalized spacial score (nSPS) is 11.0. The fourth-order valence-electron chi connectivity index (χ4n) is 3.48. The Morgan fingerprint density at radius 3 is 2.28 bits per heavy atom. The van der Waals surface area contributed by atoms with Gasteiger partial charge in [0.15, 0.2) is 11.5 Å². The molecule has 176 valence electrons. The standard InChI is InChI=1S/C25H36N2O4S/c1-18(2)15-27(25(29)19(3)4)17-24(28)26(16-21-8-7-13-32-21)12-11-20-9-10-22(30-5)23(14-20)31-6/h7-10,13-14,18-19H,11-12,15-17H2,1-6H3. The van der Waals surface area contributed by atoms with Crippen LogP contribution in [0.25, 0.3) is 0 Å². The van der Waals surface area contributed by atoms with Crippen LogP contribution in [0.15, 0.2) is 35.7 Å². The van der Waals surface area contributed by atoms with Crippen molar-refractivity contribution >= 4 is 23.2 Å². The van der Waals surface area contributed by atoms with E-state index in [2.05, 4.69) is 13.8 Å². The van der Waals surface area contributed by atoms with Crippen molar-refractivity contribution in [2.45, 2.75) is 40.7 Å². The van der Waals surface area contributed by atoms with Gasteiger partial charge in [-0.05, 0) is 41.5 Å². The minimum Gasteiger partial charge on any atom is -0.493 e. The first-order chi connectivity index (χ1) is 15.2. The Balaban J connectivity index is 2.16. The first-order valence-electron chi connectivity index (χ1n) is 11.0. The van der Waals surface area contributed by atoms with E-state index >= 15 is 0 Å². The second kappa shape index (κ2) is 12.5. The van der Waals surface area contributed by atoms with Crippen LogP contribution in [0.1, 0.15) is 38.1 Å². The molecule has 1 aromatic carbocycles. The largest absolute Gasteiger partial charge is 0.493 e. The van der Waals surface area contributed by atoms with Gasteiger partial charge < -0.3 is 19.3 Å². The van der Waals surface area contributed by atoms with Gasteiger partial charge in [0.05, 0.1) is 27.3 Å². The molecule has 0 radical (unpaired) electrons. The van der Waals surface area contributed by atoms with Crippen LogP contribution in [0.5, 0.6) is 11.5 Å². The van der Waals surface area contributed by atoms with Crippen LogP contribution in [-0.2, 0) is 22.6 Å². The summed E-state index contributed by atoms with van der Waals surface area (Å²) in [7, 11) is 3.23. The van der Waals surface area contributed by atoms with Crippen molar-refractivity contribution in [2.24, 2.45) is 11.8 Å². The summed E-state index contributed by atoms with van der Waals surface area (Å²) in [6.07, 6.45) is 0.680. The maximum Gasteiger partial charge on any atom is 0.242 e. The molecule has 1 aromatic heterocycles. The van der Waals surface area contributed by atoms with Gasteiger partial charge in [-0.3, -0.25) is 9.59 Å². The predicted octanol–water partition coefficient (Wildman–Crippen LogP) is 4.48. The number of hydrogen-bond acceptors (Lipinski definition) is 5. The molecule has 0 N–H and O–H groups in total. The van der Waals surface area contributed by atoms with Gasteiger partial charge in [0.2, 0.25) is 11.8 Å². The quantitative estimate of drug-likeness (QED) is 0.469. The highest BCUT2D eigenvalue weighted by molar-refractivity contribution is 7.09. The Morgan fingerprint density at radius 2 is 1.72 bits per heavy atom. The van der Waals surface area contributed by atoms with Crippen LogP contribution in [0.3, 0.4) is 0 Å². The Hall–Kier alpha value is -2.54. The van der Waals surface area contributed by atoms with Crippen LogP contribution < -0.4 is 9.47 Å². The van der Waals surface area contributed by atoms with E-state index in [1.54, 1.807) is 30.5 Å². The molecule has 0 saturated carbocycles.